The van der Waals surface area contributed by atoms with Crippen molar-refractivity contribution >= 4 is 38.4 Å². The Morgan fingerprint density at radius 1 is 0.952 bits per heavy atom. The van der Waals surface area contributed by atoms with Crippen LogP contribution in [0.5, 0.6) is 0 Å². The lowest BCUT2D eigenvalue weighted by Crippen LogP contribution is -2.39. The molecule has 0 saturated carbocycles. The number of carbonyl (C=O) groups excluding carboxylic acids is 2. The normalized spacial score (nSPS) is 21.9. The minimum absolute atomic E-state index is 0.0353. The Hall–Kier alpha value is -4.19. The molecule has 2 aromatic rings. The molecule has 3 fully saturated rings. The summed E-state index contributed by atoms with van der Waals surface area (Å²) in [5.74, 6) is 1.21. The van der Waals surface area contributed by atoms with Gasteiger partial charge in [-0.2, -0.15) is 44.8 Å². The Morgan fingerprint density at radius 2 is 1.57 bits per heavy atom. The number of anilines is 1. The monoisotopic (exact) mass is 941 g/mol. The molecule has 5 heterocycles. The molecule has 3 saturated heterocycles. The molecule has 0 spiro atoms. The number of nitriles is 1. The number of benzene rings is 1. The summed E-state index contributed by atoms with van der Waals surface area (Å²) in [6.45, 7) is 9.74. The first-order valence-electron chi connectivity index (χ1n) is 20.5. The van der Waals surface area contributed by atoms with Crippen molar-refractivity contribution in [3.05, 3.63) is 70.1 Å². The predicted octanol–water partition coefficient (Wildman–Crippen LogP) is 10.2. The fourth-order valence-corrected chi connectivity index (χ4v) is 10.1. The number of allylic oxidation sites excluding steroid dienone is 1. The van der Waals surface area contributed by atoms with E-state index in [0.717, 1.165) is 50.0 Å². The number of hydrogen-bond donors (Lipinski definition) is 1. The van der Waals surface area contributed by atoms with Crippen molar-refractivity contribution in [2.45, 2.75) is 104 Å². The maximum Gasteiger partial charge on any atom is 0.416 e. The van der Waals surface area contributed by atoms with Gasteiger partial charge in [0, 0.05) is 56.1 Å². The highest BCUT2D eigenvalue weighted by atomic mass is 32.2. The summed E-state index contributed by atoms with van der Waals surface area (Å²) in [6, 6.07) is 7.11. The molecule has 1 aromatic carbocycles. The van der Waals surface area contributed by atoms with E-state index in [4.69, 9.17) is 5.26 Å². The number of piperidine rings is 1. The Morgan fingerprint density at radius 3 is 1.95 bits per heavy atom. The van der Waals surface area contributed by atoms with Crippen LogP contribution < -0.4 is 10.2 Å². The minimum atomic E-state index is -4.95. The third-order valence-electron chi connectivity index (χ3n) is 10.8. The van der Waals surface area contributed by atoms with Crippen molar-refractivity contribution in [1.82, 2.24) is 10.3 Å². The third-order valence-corrected chi connectivity index (χ3v) is 13.9. The fraction of sp³-hybridized carbons (Fsp3) is 0.619. The van der Waals surface area contributed by atoms with Crippen molar-refractivity contribution in [3.8, 4) is 6.07 Å². The van der Waals surface area contributed by atoms with Gasteiger partial charge in [-0.05, 0) is 92.7 Å². The number of nitrogens with zero attached hydrogens (tertiary/aromatic N) is 5. The van der Waals surface area contributed by atoms with Crippen LogP contribution in [0.4, 0.5) is 45.3 Å². The van der Waals surface area contributed by atoms with Crippen LogP contribution in [-0.4, -0.2) is 85.3 Å². The molecular weight excluding hydrogens is 888 g/mol. The molecular formula is C42H54F9N6O4S2+. The van der Waals surface area contributed by atoms with E-state index < -0.39 is 56.9 Å². The van der Waals surface area contributed by atoms with E-state index in [1.165, 1.54) is 35.9 Å². The molecule has 3 atom stereocenters. The van der Waals surface area contributed by atoms with Gasteiger partial charge in [0.2, 0.25) is 0 Å². The summed E-state index contributed by atoms with van der Waals surface area (Å²) >= 11 is 1.47. The van der Waals surface area contributed by atoms with E-state index in [2.05, 4.69) is 27.8 Å². The van der Waals surface area contributed by atoms with Crippen LogP contribution in [0.3, 0.4) is 0 Å². The lowest BCUT2D eigenvalue weighted by molar-refractivity contribution is -0.607. The number of hydrogen-bond acceptors (Lipinski definition) is 9. The van der Waals surface area contributed by atoms with Gasteiger partial charge in [-0.15, -0.1) is 4.70 Å². The standard InChI is InChI=1S/C12H15F3N2.C10H7F6NO.C10H14N3.C5H10O2S.C5H8OS/c1-9-2-3-11(16-8-9)17-6-4-10(5-7-17)12(13,14)15;1-17-8(18)5-2-6(9(11,12)13)4-7(3-5)10(14,15)16;1-8-9-4-2-5-10(9)12-13(8)7-3-6-11;1-5-2-3-8(6,7)4-5;1-4-2-3-7-5(4)6/h2-3,8,10H,4-7H2,1H3;2-4H,1H3,(H,17,18);8H,2-5,7H2,1H3;5H,2-4H2,1H3;4H,2-3H2,1H3/q;;+1;;. The van der Waals surface area contributed by atoms with Gasteiger partial charge in [0.15, 0.2) is 27.5 Å². The Labute approximate surface area is 366 Å². The Balaban J connectivity index is 0.000000218. The van der Waals surface area contributed by atoms with Gasteiger partial charge in [0.05, 0.1) is 41.0 Å². The molecule has 63 heavy (non-hydrogen) atoms. The van der Waals surface area contributed by atoms with Crippen molar-refractivity contribution < 1.29 is 62.2 Å². The highest BCUT2D eigenvalue weighted by Gasteiger charge is 2.41. The van der Waals surface area contributed by atoms with Crippen molar-refractivity contribution in [3.63, 3.8) is 0 Å². The van der Waals surface area contributed by atoms with Crippen LogP contribution in [0.25, 0.3) is 0 Å². The van der Waals surface area contributed by atoms with E-state index in [1.54, 1.807) is 6.20 Å². The number of alkyl halides is 9. The number of nitrogens with one attached hydrogen (secondary N) is 1. The SMILES string of the molecule is CC1C2=C(CCC2)N=[N+]1CCC#N.CC1CCS(=O)(=O)C1.CC1CCSC1=O.CNC(=O)c1cc(C(F)(F)F)cc(C(F)(F)F)c1.Cc1ccc(N2CCC(C(F)(F)F)CC2)nc1. The first kappa shape index (κ1) is 53.2. The van der Waals surface area contributed by atoms with Gasteiger partial charge < -0.3 is 10.2 Å². The number of halogens is 9. The molecule has 21 heteroatoms. The fourth-order valence-electron chi connectivity index (χ4n) is 7.04. The smallest absolute Gasteiger partial charge is 0.357 e. The molecule has 5 aliphatic rings. The summed E-state index contributed by atoms with van der Waals surface area (Å²) in [5.41, 5.74) is 0.133. The topological polar surface area (TPSA) is 136 Å². The van der Waals surface area contributed by atoms with Crippen molar-refractivity contribution in [1.29, 1.82) is 5.26 Å². The van der Waals surface area contributed by atoms with Crippen LogP contribution in [0.15, 0.2) is 52.9 Å². The molecule has 3 unspecified atom stereocenters. The Kier molecular flexibility index (Phi) is 19.5. The predicted molar refractivity (Wildman–Crippen MR) is 222 cm³/mol. The molecule has 1 aromatic heterocycles. The lowest BCUT2D eigenvalue weighted by atomic mass is 9.96. The zero-order valence-electron chi connectivity index (χ0n) is 35.8. The molecule has 1 amide bonds. The molecule has 0 bridgehead atoms. The van der Waals surface area contributed by atoms with Crippen LogP contribution in [0, 0.1) is 36.0 Å². The first-order valence-corrected chi connectivity index (χ1v) is 23.3. The zero-order chi connectivity index (χ0) is 47.3. The average Bonchev–Trinajstić information content (AvgIpc) is 3.99. The number of aromatic nitrogens is 1. The first-order chi connectivity index (χ1) is 29.2. The number of amides is 1. The van der Waals surface area contributed by atoms with Gasteiger partial charge >= 0.3 is 18.5 Å². The second kappa shape index (κ2) is 23.1. The van der Waals surface area contributed by atoms with E-state index in [9.17, 15) is 57.5 Å². The molecule has 1 N–H and O–H groups in total. The van der Waals surface area contributed by atoms with E-state index in [0.29, 0.717) is 66.1 Å². The van der Waals surface area contributed by atoms with Gasteiger partial charge in [0.1, 0.15) is 11.5 Å². The van der Waals surface area contributed by atoms with Crippen molar-refractivity contribution in [2.75, 3.05) is 48.8 Å². The number of pyridine rings is 1. The third kappa shape index (κ3) is 17.0. The van der Waals surface area contributed by atoms with Gasteiger partial charge in [0.25, 0.3) is 5.91 Å². The quantitative estimate of drug-likeness (QED) is 0.237. The highest BCUT2D eigenvalue weighted by molar-refractivity contribution is 8.14. The van der Waals surface area contributed by atoms with Crippen LogP contribution in [-0.2, 0) is 27.0 Å². The molecule has 1 aliphatic carbocycles. The Bertz CT molecular complexity index is 2040. The highest BCUT2D eigenvalue weighted by Crippen LogP contribution is 2.38. The largest absolute Gasteiger partial charge is 0.416 e. The molecule has 10 nitrogen and oxygen atoms in total. The summed E-state index contributed by atoms with van der Waals surface area (Å²) in [6.07, 6.45) is -5.74. The number of azo groups is 2. The molecule has 350 valence electrons. The minimum Gasteiger partial charge on any atom is -0.357 e. The maximum absolute atomic E-state index is 12.5. The van der Waals surface area contributed by atoms with E-state index >= 15 is 0 Å². The van der Waals surface area contributed by atoms with Crippen LogP contribution in [0.1, 0.15) is 99.2 Å². The molecule has 4 aliphatic heterocycles. The lowest BCUT2D eigenvalue weighted by Gasteiger charge is -2.33. The average molecular weight is 942 g/mol. The van der Waals surface area contributed by atoms with E-state index in [-0.39, 0.29) is 18.9 Å². The number of thioether (sulfide) groups is 1. The zero-order valence-corrected chi connectivity index (χ0v) is 37.4. The van der Waals surface area contributed by atoms with Crippen LogP contribution >= 0.6 is 11.8 Å². The second-order valence-corrected chi connectivity index (χ2v) is 19.2. The summed E-state index contributed by atoms with van der Waals surface area (Å²) in [4.78, 5) is 27.8. The summed E-state index contributed by atoms with van der Waals surface area (Å²) in [5, 5.41) is 15.4. The molecule has 7 rings (SSSR count). The number of aryl methyl sites for hydroxylation is 1. The van der Waals surface area contributed by atoms with Gasteiger partial charge in [-0.3, -0.25) is 9.59 Å². The van der Waals surface area contributed by atoms with Gasteiger partial charge in [-0.1, -0.05) is 31.7 Å². The maximum atomic E-state index is 12.5. The number of carbonyl (C=O) groups is 2. The molecule has 0 radical (unpaired) electrons. The summed E-state index contributed by atoms with van der Waals surface area (Å²) in [7, 11) is -1.49. The summed E-state index contributed by atoms with van der Waals surface area (Å²) < 4.78 is 135. The van der Waals surface area contributed by atoms with Crippen molar-refractivity contribution in [2.24, 2.45) is 22.9 Å². The van der Waals surface area contributed by atoms with E-state index in [1.807, 2.05) is 43.1 Å². The van der Waals surface area contributed by atoms with Crippen LogP contribution in [0.2, 0.25) is 0 Å². The number of rotatable bonds is 4. The number of sulfone groups is 1. The van der Waals surface area contributed by atoms with Gasteiger partial charge in [-0.25, -0.2) is 13.4 Å². The second-order valence-electron chi connectivity index (χ2n) is 15.9.